The van der Waals surface area contributed by atoms with Crippen LogP contribution in [0.4, 0.5) is 0 Å². The number of aliphatic carboxylic acids is 1. The molecule has 1 aromatic carbocycles. The van der Waals surface area contributed by atoms with Gasteiger partial charge in [-0.2, -0.15) is 5.10 Å². The van der Waals surface area contributed by atoms with Gasteiger partial charge in [0.15, 0.2) is 0 Å². The van der Waals surface area contributed by atoms with Crippen molar-refractivity contribution in [2.45, 2.75) is 19.5 Å². The van der Waals surface area contributed by atoms with E-state index < -0.39 is 12.0 Å². The van der Waals surface area contributed by atoms with E-state index in [1.165, 1.54) is 5.56 Å². The molecule has 2 heterocycles. The molecule has 0 radical (unpaired) electrons. The standard InChI is InChI=1S/C17H22N4O2/c1-13-4-3-5-15(8-13)21-11-14(9-18-21)10-20-7-6-19(2)16(12-20)17(22)23/h3-5,8-9,11,16H,6-7,10,12H2,1-2H3,(H,22,23). The van der Waals surface area contributed by atoms with Gasteiger partial charge >= 0.3 is 5.97 Å². The predicted octanol–water partition coefficient (Wildman–Crippen LogP) is 1.38. The van der Waals surface area contributed by atoms with E-state index in [4.69, 9.17) is 0 Å². The monoisotopic (exact) mass is 314 g/mol. The fourth-order valence-corrected chi connectivity index (χ4v) is 2.95. The number of carboxylic acids is 1. The predicted molar refractivity (Wildman–Crippen MR) is 87.6 cm³/mol. The van der Waals surface area contributed by atoms with E-state index in [1.54, 1.807) is 0 Å². The van der Waals surface area contributed by atoms with Crippen molar-refractivity contribution in [3.8, 4) is 5.69 Å². The summed E-state index contributed by atoms with van der Waals surface area (Å²) in [5.74, 6) is -0.757. The van der Waals surface area contributed by atoms with Gasteiger partial charge in [0.25, 0.3) is 0 Å². The Balaban J connectivity index is 1.68. The highest BCUT2D eigenvalue weighted by molar-refractivity contribution is 5.73. The van der Waals surface area contributed by atoms with Gasteiger partial charge in [0.2, 0.25) is 0 Å². The van der Waals surface area contributed by atoms with Crippen molar-refractivity contribution in [1.82, 2.24) is 19.6 Å². The Hall–Kier alpha value is -2.18. The smallest absolute Gasteiger partial charge is 0.322 e. The van der Waals surface area contributed by atoms with Gasteiger partial charge in [0.05, 0.1) is 11.9 Å². The maximum atomic E-state index is 11.3. The minimum Gasteiger partial charge on any atom is -0.480 e. The number of nitrogens with zero attached hydrogens (tertiary/aromatic N) is 4. The lowest BCUT2D eigenvalue weighted by molar-refractivity contribution is -0.145. The van der Waals surface area contributed by atoms with Crippen LogP contribution in [0.2, 0.25) is 0 Å². The Bertz CT molecular complexity index is 697. The number of carboxylic acid groups (broad SMARTS) is 1. The number of carbonyl (C=O) groups is 1. The molecule has 0 amide bonds. The maximum Gasteiger partial charge on any atom is 0.322 e. The summed E-state index contributed by atoms with van der Waals surface area (Å²) >= 11 is 0. The molecule has 6 heteroatoms. The molecule has 23 heavy (non-hydrogen) atoms. The lowest BCUT2D eigenvalue weighted by atomic mass is 10.1. The molecule has 0 saturated carbocycles. The number of aryl methyl sites for hydroxylation is 1. The zero-order valence-corrected chi connectivity index (χ0v) is 13.5. The molecule has 1 atom stereocenters. The summed E-state index contributed by atoms with van der Waals surface area (Å²) < 4.78 is 1.87. The second-order valence-corrected chi connectivity index (χ2v) is 6.20. The van der Waals surface area contributed by atoms with Crippen molar-refractivity contribution in [3.63, 3.8) is 0 Å². The maximum absolute atomic E-state index is 11.3. The average molecular weight is 314 g/mol. The van der Waals surface area contributed by atoms with Crippen molar-refractivity contribution in [3.05, 3.63) is 47.8 Å². The summed E-state index contributed by atoms with van der Waals surface area (Å²) in [5, 5.41) is 13.7. The Morgan fingerprint density at radius 1 is 1.39 bits per heavy atom. The average Bonchev–Trinajstić information content (AvgIpc) is 2.97. The highest BCUT2D eigenvalue weighted by atomic mass is 16.4. The summed E-state index contributed by atoms with van der Waals surface area (Å²) in [6.07, 6.45) is 3.87. The number of benzene rings is 1. The second-order valence-electron chi connectivity index (χ2n) is 6.20. The van der Waals surface area contributed by atoms with Crippen LogP contribution in [0, 0.1) is 6.92 Å². The first-order valence-corrected chi connectivity index (χ1v) is 7.79. The van der Waals surface area contributed by atoms with Crippen LogP contribution in [0.25, 0.3) is 5.69 Å². The van der Waals surface area contributed by atoms with Gasteiger partial charge in [-0.15, -0.1) is 0 Å². The summed E-state index contributed by atoms with van der Waals surface area (Å²) in [7, 11) is 1.87. The summed E-state index contributed by atoms with van der Waals surface area (Å²) in [6, 6.07) is 7.76. The van der Waals surface area contributed by atoms with Gasteiger partial charge in [-0.1, -0.05) is 12.1 Å². The third kappa shape index (κ3) is 3.60. The van der Waals surface area contributed by atoms with Crippen LogP contribution in [0.5, 0.6) is 0 Å². The summed E-state index contributed by atoms with van der Waals surface area (Å²) in [5.41, 5.74) is 3.33. The number of piperazine rings is 1. The van der Waals surface area contributed by atoms with Crippen LogP contribution in [0.3, 0.4) is 0 Å². The fraction of sp³-hybridized carbons (Fsp3) is 0.412. The molecule has 6 nitrogen and oxygen atoms in total. The highest BCUT2D eigenvalue weighted by Gasteiger charge is 2.29. The van der Waals surface area contributed by atoms with Gasteiger partial charge in [-0.25, -0.2) is 4.68 Å². The molecule has 122 valence electrons. The van der Waals surface area contributed by atoms with Crippen molar-refractivity contribution in [2.75, 3.05) is 26.7 Å². The normalized spacial score (nSPS) is 19.8. The van der Waals surface area contributed by atoms with Gasteiger partial charge in [0.1, 0.15) is 6.04 Å². The van der Waals surface area contributed by atoms with E-state index in [0.717, 1.165) is 30.9 Å². The van der Waals surface area contributed by atoms with Crippen LogP contribution in [0.1, 0.15) is 11.1 Å². The topological polar surface area (TPSA) is 61.6 Å². The lowest BCUT2D eigenvalue weighted by Crippen LogP contribution is -2.54. The highest BCUT2D eigenvalue weighted by Crippen LogP contribution is 2.14. The Labute approximate surface area is 135 Å². The zero-order valence-electron chi connectivity index (χ0n) is 13.5. The Morgan fingerprint density at radius 3 is 2.96 bits per heavy atom. The molecule has 1 aliphatic heterocycles. The quantitative estimate of drug-likeness (QED) is 0.924. The molecule has 2 aromatic rings. The molecule has 1 saturated heterocycles. The Morgan fingerprint density at radius 2 is 2.22 bits per heavy atom. The lowest BCUT2D eigenvalue weighted by Gasteiger charge is -2.36. The van der Waals surface area contributed by atoms with Crippen molar-refractivity contribution < 1.29 is 9.90 Å². The van der Waals surface area contributed by atoms with Crippen molar-refractivity contribution >= 4 is 5.97 Å². The molecule has 0 bridgehead atoms. The molecule has 0 aliphatic carbocycles. The van der Waals surface area contributed by atoms with Gasteiger partial charge in [0, 0.05) is 37.9 Å². The van der Waals surface area contributed by atoms with Gasteiger partial charge < -0.3 is 5.11 Å². The van der Waals surface area contributed by atoms with Gasteiger partial charge in [-0.3, -0.25) is 14.6 Å². The molecule has 3 rings (SSSR count). The summed E-state index contributed by atoms with van der Waals surface area (Å²) in [4.78, 5) is 15.4. The third-order valence-electron chi connectivity index (χ3n) is 4.33. The largest absolute Gasteiger partial charge is 0.480 e. The van der Waals surface area contributed by atoms with E-state index in [2.05, 4.69) is 29.1 Å². The van der Waals surface area contributed by atoms with E-state index in [1.807, 2.05) is 41.2 Å². The first-order valence-electron chi connectivity index (χ1n) is 7.79. The number of aromatic nitrogens is 2. The molecule has 1 unspecified atom stereocenters. The van der Waals surface area contributed by atoms with Crippen molar-refractivity contribution in [2.24, 2.45) is 0 Å². The zero-order chi connectivity index (χ0) is 16.4. The summed E-state index contributed by atoms with van der Waals surface area (Å²) in [6.45, 7) is 4.97. The van der Waals surface area contributed by atoms with Crippen LogP contribution >= 0.6 is 0 Å². The number of rotatable bonds is 4. The van der Waals surface area contributed by atoms with E-state index in [9.17, 15) is 9.90 Å². The second kappa shape index (κ2) is 6.52. The fourth-order valence-electron chi connectivity index (χ4n) is 2.95. The molecular weight excluding hydrogens is 292 g/mol. The number of hydrogen-bond acceptors (Lipinski definition) is 4. The first kappa shape index (κ1) is 15.7. The Kier molecular flexibility index (Phi) is 4.45. The molecule has 1 N–H and O–H groups in total. The van der Waals surface area contributed by atoms with E-state index >= 15 is 0 Å². The number of likely N-dealkylation sites (N-methyl/N-ethyl adjacent to an activating group) is 1. The van der Waals surface area contributed by atoms with Gasteiger partial charge in [-0.05, 0) is 31.7 Å². The molecule has 1 aliphatic rings. The molecule has 1 fully saturated rings. The van der Waals surface area contributed by atoms with Crippen LogP contribution in [-0.4, -0.2) is 63.4 Å². The first-order chi connectivity index (χ1) is 11.0. The van der Waals surface area contributed by atoms with Crippen LogP contribution < -0.4 is 0 Å². The molecule has 0 spiro atoms. The van der Waals surface area contributed by atoms with E-state index in [0.29, 0.717) is 6.54 Å². The number of hydrogen-bond donors (Lipinski definition) is 1. The molecule has 1 aromatic heterocycles. The van der Waals surface area contributed by atoms with E-state index in [-0.39, 0.29) is 0 Å². The van der Waals surface area contributed by atoms with Crippen molar-refractivity contribution in [1.29, 1.82) is 0 Å². The third-order valence-corrected chi connectivity index (χ3v) is 4.33. The van der Waals surface area contributed by atoms with Crippen LogP contribution in [0.15, 0.2) is 36.7 Å². The SMILES string of the molecule is Cc1cccc(-n2cc(CN3CCN(C)C(C(=O)O)C3)cn2)c1. The minimum atomic E-state index is -0.757. The molecular formula is C17H22N4O2. The van der Waals surface area contributed by atoms with Crippen LogP contribution in [-0.2, 0) is 11.3 Å². The minimum absolute atomic E-state index is 0.435.